The molecule has 1 aromatic heterocycles. The van der Waals surface area contributed by atoms with E-state index in [1.807, 2.05) is 0 Å². The molecule has 0 fully saturated rings. The van der Waals surface area contributed by atoms with Gasteiger partial charge in [-0.3, -0.25) is 9.59 Å². The number of hydrogen-bond acceptors (Lipinski definition) is 5. The van der Waals surface area contributed by atoms with Gasteiger partial charge in [0, 0.05) is 36.8 Å². The third kappa shape index (κ3) is 4.85. The fourth-order valence-electron chi connectivity index (χ4n) is 2.30. The number of halogens is 2. The van der Waals surface area contributed by atoms with E-state index >= 15 is 0 Å². The van der Waals surface area contributed by atoms with E-state index in [0.29, 0.717) is 17.4 Å². The Morgan fingerprint density at radius 1 is 0.929 bits per heavy atom. The third-order valence-electron chi connectivity index (χ3n) is 3.53. The molecule has 28 heavy (non-hydrogen) atoms. The van der Waals surface area contributed by atoms with E-state index in [2.05, 4.69) is 25.9 Å². The van der Waals surface area contributed by atoms with E-state index in [1.54, 1.807) is 24.3 Å². The molecule has 0 radical (unpaired) electrons. The molecule has 2 aromatic carbocycles. The van der Waals surface area contributed by atoms with Crippen LogP contribution in [0.15, 0.2) is 54.9 Å². The first-order chi connectivity index (χ1) is 13.4. The molecule has 142 valence electrons. The first-order valence-corrected chi connectivity index (χ1v) is 8.14. The van der Waals surface area contributed by atoms with Gasteiger partial charge in [-0.25, -0.2) is 18.7 Å². The Bertz CT molecular complexity index is 1030. The highest BCUT2D eigenvalue weighted by atomic mass is 19.1. The molecule has 3 N–H and O–H groups in total. The van der Waals surface area contributed by atoms with Crippen LogP contribution in [-0.4, -0.2) is 21.8 Å². The highest BCUT2D eigenvalue weighted by Crippen LogP contribution is 2.19. The van der Waals surface area contributed by atoms with Gasteiger partial charge >= 0.3 is 0 Å². The number of benzene rings is 2. The molecule has 1 heterocycles. The number of hydrogen-bond donors (Lipinski definition) is 3. The number of carbonyl (C=O) groups is 2. The van der Waals surface area contributed by atoms with Gasteiger partial charge < -0.3 is 16.0 Å². The van der Waals surface area contributed by atoms with Crippen molar-refractivity contribution in [1.29, 1.82) is 0 Å². The fourth-order valence-corrected chi connectivity index (χ4v) is 2.30. The second-order valence-electron chi connectivity index (χ2n) is 5.76. The van der Waals surface area contributed by atoms with Gasteiger partial charge in [0.05, 0.1) is 11.3 Å². The minimum Gasteiger partial charge on any atom is -0.326 e. The van der Waals surface area contributed by atoms with Crippen LogP contribution < -0.4 is 16.0 Å². The monoisotopic (exact) mass is 383 g/mol. The van der Waals surface area contributed by atoms with Crippen LogP contribution in [0, 0.1) is 11.6 Å². The summed E-state index contributed by atoms with van der Waals surface area (Å²) in [4.78, 5) is 31.4. The summed E-state index contributed by atoms with van der Waals surface area (Å²) in [5.74, 6) is -2.22. The van der Waals surface area contributed by atoms with Crippen LogP contribution in [0.5, 0.6) is 0 Å². The molecule has 2 amide bonds. The lowest BCUT2D eigenvalue weighted by atomic mass is 10.2. The number of rotatable bonds is 5. The van der Waals surface area contributed by atoms with Crippen LogP contribution in [0.25, 0.3) is 0 Å². The highest BCUT2D eigenvalue weighted by molar-refractivity contribution is 6.04. The number of amides is 2. The van der Waals surface area contributed by atoms with Crippen molar-refractivity contribution >= 4 is 34.8 Å². The predicted octanol–water partition coefficient (Wildman–Crippen LogP) is 3.71. The molecule has 9 heteroatoms. The van der Waals surface area contributed by atoms with E-state index in [0.717, 1.165) is 12.1 Å². The molecule has 0 saturated carbocycles. The number of aromatic nitrogens is 2. The fraction of sp³-hybridized carbons (Fsp3) is 0.0526. The van der Waals surface area contributed by atoms with Gasteiger partial charge in [0.15, 0.2) is 0 Å². The maximum Gasteiger partial charge on any atom is 0.258 e. The Kier molecular flexibility index (Phi) is 5.54. The zero-order valence-electron chi connectivity index (χ0n) is 14.7. The molecule has 0 spiro atoms. The normalized spacial score (nSPS) is 10.2. The predicted molar refractivity (Wildman–Crippen MR) is 100 cm³/mol. The second-order valence-corrected chi connectivity index (χ2v) is 5.76. The summed E-state index contributed by atoms with van der Waals surface area (Å²) in [7, 11) is 0. The number of nitrogens with zero attached hydrogens (tertiary/aromatic N) is 2. The van der Waals surface area contributed by atoms with Gasteiger partial charge in [-0.2, -0.15) is 0 Å². The molecule has 0 atom stereocenters. The van der Waals surface area contributed by atoms with Crippen molar-refractivity contribution in [3.63, 3.8) is 0 Å². The van der Waals surface area contributed by atoms with Crippen LogP contribution >= 0.6 is 0 Å². The average molecular weight is 383 g/mol. The lowest BCUT2D eigenvalue weighted by Crippen LogP contribution is -2.14. The SMILES string of the molecule is CC(=O)Nc1cccc(Nc2ncc(C(=O)Nc3ccc(F)cc3F)cn2)c1. The lowest BCUT2D eigenvalue weighted by Gasteiger charge is -2.09. The molecular weight excluding hydrogens is 368 g/mol. The Morgan fingerprint density at radius 3 is 2.32 bits per heavy atom. The zero-order chi connectivity index (χ0) is 20.1. The molecule has 0 aliphatic rings. The van der Waals surface area contributed by atoms with Gasteiger partial charge in [0.2, 0.25) is 11.9 Å². The standard InChI is InChI=1S/C19H15F2N5O2/c1-11(27)24-14-3-2-4-15(8-14)25-19-22-9-12(10-23-19)18(28)26-17-6-5-13(20)7-16(17)21/h2-10H,1H3,(H,24,27)(H,26,28)(H,22,23,25). The van der Waals surface area contributed by atoms with E-state index in [-0.39, 0.29) is 23.1 Å². The molecule has 7 nitrogen and oxygen atoms in total. The Labute approximate surface area is 158 Å². The molecule has 3 aromatic rings. The van der Waals surface area contributed by atoms with Crippen molar-refractivity contribution in [2.24, 2.45) is 0 Å². The molecule has 0 bridgehead atoms. The van der Waals surface area contributed by atoms with Gasteiger partial charge in [-0.05, 0) is 30.3 Å². The van der Waals surface area contributed by atoms with E-state index in [1.165, 1.54) is 19.3 Å². The van der Waals surface area contributed by atoms with Crippen LogP contribution in [-0.2, 0) is 4.79 Å². The van der Waals surface area contributed by atoms with Crippen molar-refractivity contribution in [2.45, 2.75) is 6.92 Å². The Hall–Kier alpha value is -3.88. The summed E-state index contributed by atoms with van der Waals surface area (Å²) in [5.41, 5.74) is 1.19. The minimum atomic E-state index is -0.883. The molecule has 3 rings (SSSR count). The van der Waals surface area contributed by atoms with Crippen LogP contribution in [0.1, 0.15) is 17.3 Å². The average Bonchev–Trinajstić information content (AvgIpc) is 2.64. The molecule has 0 unspecified atom stereocenters. The van der Waals surface area contributed by atoms with Crippen LogP contribution in [0.4, 0.5) is 31.8 Å². The molecular formula is C19H15F2N5O2. The summed E-state index contributed by atoms with van der Waals surface area (Å²) in [6.07, 6.45) is 2.54. The van der Waals surface area contributed by atoms with Gasteiger partial charge in [-0.1, -0.05) is 6.07 Å². The largest absolute Gasteiger partial charge is 0.326 e. The van der Waals surface area contributed by atoms with Crippen LogP contribution in [0.3, 0.4) is 0 Å². The Balaban J connectivity index is 1.67. The molecule has 0 aliphatic heterocycles. The maximum absolute atomic E-state index is 13.6. The second kappa shape index (κ2) is 8.21. The van der Waals surface area contributed by atoms with Crippen molar-refractivity contribution in [1.82, 2.24) is 9.97 Å². The molecule has 0 aliphatic carbocycles. The van der Waals surface area contributed by atoms with Crippen molar-refractivity contribution in [3.05, 3.63) is 72.1 Å². The smallest absolute Gasteiger partial charge is 0.258 e. The van der Waals surface area contributed by atoms with Crippen molar-refractivity contribution in [3.8, 4) is 0 Å². The molecule has 0 saturated heterocycles. The summed E-state index contributed by atoms with van der Waals surface area (Å²) in [5, 5.41) is 7.93. The zero-order valence-corrected chi connectivity index (χ0v) is 14.7. The summed E-state index contributed by atoms with van der Waals surface area (Å²) >= 11 is 0. The van der Waals surface area contributed by atoms with E-state index in [9.17, 15) is 18.4 Å². The van der Waals surface area contributed by atoms with Gasteiger partial charge in [-0.15, -0.1) is 0 Å². The topological polar surface area (TPSA) is 96.0 Å². The lowest BCUT2D eigenvalue weighted by molar-refractivity contribution is -0.114. The summed E-state index contributed by atoms with van der Waals surface area (Å²) < 4.78 is 26.5. The Morgan fingerprint density at radius 2 is 1.64 bits per heavy atom. The highest BCUT2D eigenvalue weighted by Gasteiger charge is 2.11. The van der Waals surface area contributed by atoms with Crippen molar-refractivity contribution in [2.75, 3.05) is 16.0 Å². The number of anilines is 4. The van der Waals surface area contributed by atoms with E-state index in [4.69, 9.17) is 0 Å². The third-order valence-corrected chi connectivity index (χ3v) is 3.53. The van der Waals surface area contributed by atoms with Crippen LogP contribution in [0.2, 0.25) is 0 Å². The first kappa shape index (κ1) is 18.9. The van der Waals surface area contributed by atoms with Gasteiger partial charge in [0.25, 0.3) is 5.91 Å². The van der Waals surface area contributed by atoms with Crippen molar-refractivity contribution < 1.29 is 18.4 Å². The number of nitrogens with one attached hydrogen (secondary N) is 3. The van der Waals surface area contributed by atoms with Gasteiger partial charge in [0.1, 0.15) is 11.6 Å². The quantitative estimate of drug-likeness (QED) is 0.624. The summed E-state index contributed by atoms with van der Waals surface area (Å²) in [6.45, 7) is 1.41. The van der Waals surface area contributed by atoms with E-state index < -0.39 is 17.5 Å². The summed E-state index contributed by atoms with van der Waals surface area (Å²) in [6, 6.07) is 9.77. The number of carbonyl (C=O) groups excluding carboxylic acids is 2. The minimum absolute atomic E-state index is 0.0984. The first-order valence-electron chi connectivity index (χ1n) is 8.14. The maximum atomic E-state index is 13.6.